The minimum atomic E-state index is -0.640. The van der Waals surface area contributed by atoms with Crippen molar-refractivity contribution in [1.82, 2.24) is 9.55 Å². The first-order valence-electron chi connectivity index (χ1n) is 19.5. The van der Waals surface area contributed by atoms with Crippen LogP contribution in [-0.4, -0.2) is 47.7 Å². The van der Waals surface area contributed by atoms with Crippen LogP contribution in [0.4, 0.5) is 0 Å². The van der Waals surface area contributed by atoms with Gasteiger partial charge in [0.2, 0.25) is 0 Å². The summed E-state index contributed by atoms with van der Waals surface area (Å²) in [5.74, 6) is 0.822. The zero-order chi connectivity index (χ0) is 38.7. The first kappa shape index (κ1) is 38.3. The van der Waals surface area contributed by atoms with Crippen LogP contribution in [0.15, 0.2) is 170 Å². The standard InChI is InChI=1S/C49H48N2O6/c1-52-42-26-24-36(25-27-42)29-41-30-51(48-43(41)23-14-28-50-48)49-47(56-34-40-21-12-5-13-22-40)46(55-33-39-19-10-4-11-20-39)45(54-32-38-17-8-3-9-18-38)44(57-49)35-53-31-37-15-6-2-7-16-37/h2-28,30,44-47,49H,29,31-35H2,1H3/t44-,45-,46+,47-,49-/m1/s1. The molecule has 3 heterocycles. The molecule has 0 unspecified atom stereocenters. The molecule has 0 amide bonds. The smallest absolute Gasteiger partial charge is 0.164 e. The molecule has 57 heavy (non-hydrogen) atoms. The Morgan fingerprint density at radius 3 is 1.63 bits per heavy atom. The van der Waals surface area contributed by atoms with Crippen molar-refractivity contribution >= 4 is 11.0 Å². The summed E-state index contributed by atoms with van der Waals surface area (Å²) in [6.45, 7) is 1.78. The number of hydrogen-bond donors (Lipinski definition) is 0. The maximum absolute atomic E-state index is 7.25. The van der Waals surface area contributed by atoms with Crippen LogP contribution in [0.5, 0.6) is 5.75 Å². The van der Waals surface area contributed by atoms with E-state index in [4.69, 9.17) is 33.4 Å². The van der Waals surface area contributed by atoms with Gasteiger partial charge in [-0.1, -0.05) is 133 Å². The number of ether oxygens (including phenoxy) is 6. The first-order chi connectivity index (χ1) is 28.2. The lowest BCUT2D eigenvalue weighted by atomic mass is 9.96. The van der Waals surface area contributed by atoms with Gasteiger partial charge in [-0.3, -0.25) is 0 Å². The molecule has 5 atom stereocenters. The van der Waals surface area contributed by atoms with Crippen molar-refractivity contribution in [3.8, 4) is 5.75 Å². The summed E-state index contributed by atoms with van der Waals surface area (Å²) in [5.41, 5.74) is 7.31. The Morgan fingerprint density at radius 1 is 0.544 bits per heavy atom. The second-order valence-corrected chi connectivity index (χ2v) is 14.3. The predicted octanol–water partition coefficient (Wildman–Crippen LogP) is 9.51. The van der Waals surface area contributed by atoms with Crippen molar-refractivity contribution in [3.63, 3.8) is 0 Å². The minimum absolute atomic E-state index is 0.271. The van der Waals surface area contributed by atoms with Gasteiger partial charge in [-0.2, -0.15) is 0 Å². The van der Waals surface area contributed by atoms with Gasteiger partial charge >= 0.3 is 0 Å². The van der Waals surface area contributed by atoms with Crippen LogP contribution in [0.1, 0.15) is 39.6 Å². The highest BCUT2D eigenvalue weighted by Crippen LogP contribution is 2.38. The van der Waals surface area contributed by atoms with E-state index < -0.39 is 30.6 Å². The molecule has 0 saturated carbocycles. The molecule has 1 fully saturated rings. The number of aromatic nitrogens is 2. The summed E-state index contributed by atoms with van der Waals surface area (Å²) in [4.78, 5) is 4.94. The van der Waals surface area contributed by atoms with E-state index in [1.807, 2.05) is 97.2 Å². The summed E-state index contributed by atoms with van der Waals surface area (Å²) >= 11 is 0. The van der Waals surface area contributed by atoms with Gasteiger partial charge in [-0.05, 0) is 64.1 Å². The zero-order valence-electron chi connectivity index (χ0n) is 32.1. The fourth-order valence-electron chi connectivity index (χ4n) is 7.44. The van der Waals surface area contributed by atoms with Crippen LogP contribution in [0.2, 0.25) is 0 Å². The fourth-order valence-corrected chi connectivity index (χ4v) is 7.44. The molecule has 0 bridgehead atoms. The molecule has 7 aromatic rings. The first-order valence-corrected chi connectivity index (χ1v) is 19.5. The highest BCUT2D eigenvalue weighted by molar-refractivity contribution is 5.81. The highest BCUT2D eigenvalue weighted by atomic mass is 16.6. The lowest BCUT2D eigenvalue weighted by Crippen LogP contribution is -2.59. The van der Waals surface area contributed by atoms with E-state index in [1.54, 1.807) is 7.11 Å². The lowest BCUT2D eigenvalue weighted by Gasteiger charge is -2.46. The van der Waals surface area contributed by atoms with Crippen LogP contribution in [-0.2, 0) is 56.5 Å². The van der Waals surface area contributed by atoms with E-state index >= 15 is 0 Å². The van der Waals surface area contributed by atoms with Crippen LogP contribution < -0.4 is 4.74 Å². The summed E-state index contributed by atoms with van der Waals surface area (Å²) in [5, 5.41) is 1.04. The van der Waals surface area contributed by atoms with Gasteiger partial charge in [0.1, 0.15) is 35.8 Å². The van der Waals surface area contributed by atoms with E-state index in [-0.39, 0.29) is 6.61 Å². The summed E-state index contributed by atoms with van der Waals surface area (Å²) in [6, 6.07) is 53.1. The molecular weight excluding hydrogens is 713 g/mol. The normalized spacial score (nSPS) is 19.4. The summed E-state index contributed by atoms with van der Waals surface area (Å²) in [6.07, 6.45) is 1.81. The molecular formula is C49H48N2O6. The SMILES string of the molecule is COc1ccc(Cc2cn([C@@H]3O[C@H](COCc4ccccc4)[C@@H](OCc4ccccc4)[C@H](OCc4ccccc4)[C@H]3OCc3ccccc3)c3ncccc23)cc1. The molecule has 0 radical (unpaired) electrons. The minimum Gasteiger partial charge on any atom is -0.497 e. The Bertz CT molecular complexity index is 2250. The van der Waals surface area contributed by atoms with Gasteiger partial charge in [-0.15, -0.1) is 0 Å². The van der Waals surface area contributed by atoms with E-state index in [9.17, 15) is 0 Å². The molecule has 290 valence electrons. The second kappa shape index (κ2) is 19.0. The average Bonchev–Trinajstić information content (AvgIpc) is 3.64. The van der Waals surface area contributed by atoms with Crippen LogP contribution in [0.3, 0.4) is 0 Å². The largest absolute Gasteiger partial charge is 0.497 e. The predicted molar refractivity (Wildman–Crippen MR) is 221 cm³/mol. The molecule has 8 heteroatoms. The van der Waals surface area contributed by atoms with Crippen LogP contribution >= 0.6 is 0 Å². The Kier molecular flexibility index (Phi) is 12.8. The van der Waals surface area contributed by atoms with E-state index in [0.717, 1.165) is 50.2 Å². The molecule has 8 rings (SSSR count). The maximum atomic E-state index is 7.25. The van der Waals surface area contributed by atoms with Crippen molar-refractivity contribution in [3.05, 3.63) is 203 Å². The Labute approximate surface area is 334 Å². The molecule has 0 N–H and O–H groups in total. The van der Waals surface area contributed by atoms with Gasteiger partial charge < -0.3 is 33.0 Å². The van der Waals surface area contributed by atoms with Crippen molar-refractivity contribution in [2.75, 3.05) is 13.7 Å². The lowest BCUT2D eigenvalue weighted by molar-refractivity contribution is -0.289. The highest BCUT2D eigenvalue weighted by Gasteiger charge is 2.49. The monoisotopic (exact) mass is 760 g/mol. The Balaban J connectivity index is 1.20. The van der Waals surface area contributed by atoms with Gasteiger partial charge in [0, 0.05) is 17.8 Å². The van der Waals surface area contributed by atoms with E-state index in [0.29, 0.717) is 32.8 Å². The number of fused-ring (bicyclic) bond motifs is 1. The second-order valence-electron chi connectivity index (χ2n) is 14.3. The summed E-state index contributed by atoms with van der Waals surface area (Å²) in [7, 11) is 1.68. The third kappa shape index (κ3) is 9.68. The Morgan fingerprint density at radius 2 is 1.07 bits per heavy atom. The molecule has 1 aliphatic rings. The van der Waals surface area contributed by atoms with Crippen LogP contribution in [0.25, 0.3) is 11.0 Å². The molecule has 1 saturated heterocycles. The molecule has 1 aliphatic heterocycles. The zero-order valence-corrected chi connectivity index (χ0v) is 32.1. The van der Waals surface area contributed by atoms with Gasteiger partial charge in [0.05, 0.1) is 40.1 Å². The fraction of sp³-hybridized carbons (Fsp3) is 0.245. The van der Waals surface area contributed by atoms with E-state index in [1.165, 1.54) is 0 Å². The number of hydrogen-bond acceptors (Lipinski definition) is 7. The number of benzene rings is 5. The van der Waals surface area contributed by atoms with Crippen molar-refractivity contribution < 1.29 is 28.4 Å². The van der Waals surface area contributed by atoms with Crippen molar-refractivity contribution in [2.45, 2.75) is 63.5 Å². The Hall–Kier alpha value is -5.61. The number of methoxy groups -OCH3 is 1. The number of rotatable bonds is 17. The van der Waals surface area contributed by atoms with E-state index in [2.05, 4.69) is 77.5 Å². The maximum Gasteiger partial charge on any atom is 0.164 e. The van der Waals surface area contributed by atoms with Gasteiger partial charge in [0.15, 0.2) is 6.23 Å². The van der Waals surface area contributed by atoms with Crippen molar-refractivity contribution in [2.24, 2.45) is 0 Å². The van der Waals surface area contributed by atoms with Gasteiger partial charge in [0.25, 0.3) is 0 Å². The number of pyridine rings is 1. The molecule has 2 aromatic heterocycles. The van der Waals surface area contributed by atoms with Crippen molar-refractivity contribution in [1.29, 1.82) is 0 Å². The molecule has 5 aromatic carbocycles. The number of nitrogens with zero attached hydrogens (tertiary/aromatic N) is 2. The quantitative estimate of drug-likeness (QED) is 0.0916. The summed E-state index contributed by atoms with van der Waals surface area (Å²) < 4.78 is 42.2. The van der Waals surface area contributed by atoms with Gasteiger partial charge in [-0.25, -0.2) is 4.98 Å². The third-order valence-corrected chi connectivity index (χ3v) is 10.4. The topological polar surface area (TPSA) is 73.2 Å². The van der Waals surface area contributed by atoms with Crippen LogP contribution in [0, 0.1) is 0 Å². The third-order valence-electron chi connectivity index (χ3n) is 10.4. The molecule has 0 spiro atoms. The molecule has 0 aliphatic carbocycles. The average molecular weight is 761 g/mol. The molecule has 8 nitrogen and oxygen atoms in total.